The zero-order chi connectivity index (χ0) is 36.0. The van der Waals surface area contributed by atoms with Gasteiger partial charge >= 0.3 is 18.4 Å². The number of rotatable bonds is 11. The molecule has 1 aliphatic heterocycles. The number of hydrogen-bond acceptors (Lipinski definition) is 7. The van der Waals surface area contributed by atoms with Crippen LogP contribution in [0.3, 0.4) is 0 Å². The molecule has 3 unspecified atom stereocenters. The molecule has 1 fully saturated rings. The quantitative estimate of drug-likeness (QED) is 0.313. The number of aromatic nitrogens is 5. The van der Waals surface area contributed by atoms with Crippen LogP contribution in [0.5, 0.6) is 0 Å². The third-order valence-corrected chi connectivity index (χ3v) is 6.72. The number of urea groups is 1. The van der Waals surface area contributed by atoms with E-state index in [0.29, 0.717) is 4.68 Å². The fourth-order valence-electron chi connectivity index (χ4n) is 4.17. The fourth-order valence-corrected chi connectivity index (χ4v) is 4.17. The van der Waals surface area contributed by atoms with Crippen LogP contribution in [0, 0.1) is 0 Å². The van der Waals surface area contributed by atoms with Crippen LogP contribution in [0.4, 0.5) is 31.1 Å². The van der Waals surface area contributed by atoms with Gasteiger partial charge in [-0.2, -0.15) is 36.5 Å². The number of amides is 3. The molecule has 18 heteroatoms. The van der Waals surface area contributed by atoms with Crippen molar-refractivity contribution in [1.29, 1.82) is 0 Å². The second kappa shape index (κ2) is 12.0. The summed E-state index contributed by atoms with van der Waals surface area (Å²) in [6.45, 7) is -6.72. The van der Waals surface area contributed by atoms with E-state index in [2.05, 4.69) is 20.5 Å². The van der Waals surface area contributed by atoms with Crippen molar-refractivity contribution in [3.63, 3.8) is 0 Å². The highest BCUT2D eigenvalue weighted by Gasteiger charge is 2.50. The molecule has 3 atom stereocenters. The molecule has 236 valence electrons. The molecule has 43 heavy (non-hydrogen) atoms. The van der Waals surface area contributed by atoms with Gasteiger partial charge in [-0.05, 0) is 32.8 Å². The number of aryl methyl sites for hydroxylation is 1. The Balaban J connectivity index is 1.69. The number of carbonyl (C=O) groups excluding carboxylic acids is 2. The van der Waals surface area contributed by atoms with Crippen LogP contribution in [-0.2, 0) is 16.0 Å². The fraction of sp³-hybridized carbons (Fsp3) is 0.560. The van der Waals surface area contributed by atoms with Crippen molar-refractivity contribution in [1.82, 2.24) is 39.9 Å². The predicted molar refractivity (Wildman–Crippen MR) is 137 cm³/mol. The average Bonchev–Trinajstić information content (AvgIpc) is 3.70. The van der Waals surface area contributed by atoms with Crippen LogP contribution in [0.2, 0.25) is 0 Å². The normalized spacial score (nSPS) is 20.1. The van der Waals surface area contributed by atoms with E-state index in [1.165, 1.54) is 25.6 Å². The molecular weight excluding hydrogens is 590 g/mol. The van der Waals surface area contributed by atoms with E-state index >= 15 is 0 Å². The minimum absolute atomic E-state index is 0.00804. The number of fused-ring (bicyclic) bond motifs is 1. The van der Waals surface area contributed by atoms with Gasteiger partial charge in [-0.3, -0.25) is 9.48 Å². The summed E-state index contributed by atoms with van der Waals surface area (Å²) in [4.78, 5) is 31.0. The molecule has 0 aromatic carbocycles. The van der Waals surface area contributed by atoms with Gasteiger partial charge in [0.2, 0.25) is 0 Å². The molecule has 3 amide bonds. The SMILES string of the molecule is [2H]C([2H])([2H])C([2H])([2H])n1nccc1C(=O)NC(COC(C)(C)C(F)(F)F)c1cn2ncc(C(COC)N3CC(C(F)(F)F)NC3=O)cc2n1. The van der Waals surface area contributed by atoms with Crippen molar-refractivity contribution in [2.75, 3.05) is 26.9 Å². The number of nitrogens with one attached hydrogen (secondary N) is 2. The Morgan fingerprint density at radius 3 is 2.63 bits per heavy atom. The number of halogens is 6. The Morgan fingerprint density at radius 1 is 1.26 bits per heavy atom. The second-order valence-corrected chi connectivity index (χ2v) is 10.0. The average molecular weight is 626 g/mol. The van der Waals surface area contributed by atoms with Crippen molar-refractivity contribution in [2.45, 2.75) is 63.3 Å². The molecule has 12 nitrogen and oxygen atoms in total. The number of ether oxygens (including phenoxy) is 2. The molecule has 2 N–H and O–H groups in total. The molecule has 4 rings (SSSR count). The van der Waals surface area contributed by atoms with Crippen molar-refractivity contribution < 1.29 is 52.3 Å². The number of carbonyl (C=O) groups is 2. The Kier molecular flexibility index (Phi) is 7.12. The first-order chi connectivity index (χ1) is 22.0. The van der Waals surface area contributed by atoms with Gasteiger partial charge in [-0.1, -0.05) is 0 Å². The zero-order valence-electron chi connectivity index (χ0n) is 27.8. The van der Waals surface area contributed by atoms with E-state index in [1.54, 1.807) is 0 Å². The van der Waals surface area contributed by atoms with Gasteiger partial charge in [0.05, 0.1) is 52.7 Å². The Hall–Kier alpha value is -3.93. The van der Waals surface area contributed by atoms with Gasteiger partial charge in [0, 0.05) is 29.5 Å². The highest BCUT2D eigenvalue weighted by molar-refractivity contribution is 5.92. The molecule has 1 aliphatic rings. The van der Waals surface area contributed by atoms with Crippen LogP contribution >= 0.6 is 0 Å². The van der Waals surface area contributed by atoms with Gasteiger partial charge in [-0.15, -0.1) is 0 Å². The van der Waals surface area contributed by atoms with Crippen molar-refractivity contribution in [3.8, 4) is 0 Å². The summed E-state index contributed by atoms with van der Waals surface area (Å²) < 4.78 is 131. The number of hydrogen-bond donors (Lipinski definition) is 2. The maximum absolute atomic E-state index is 13.6. The van der Waals surface area contributed by atoms with E-state index in [-0.39, 0.29) is 23.5 Å². The summed E-state index contributed by atoms with van der Waals surface area (Å²) in [6, 6.07) is -3.30. The first-order valence-electron chi connectivity index (χ1n) is 15.0. The third kappa shape index (κ3) is 6.84. The van der Waals surface area contributed by atoms with Crippen molar-refractivity contribution in [2.24, 2.45) is 0 Å². The van der Waals surface area contributed by atoms with E-state index < -0.39 is 80.2 Å². The van der Waals surface area contributed by atoms with Crippen LogP contribution in [0.1, 0.15) is 61.4 Å². The lowest BCUT2D eigenvalue weighted by molar-refractivity contribution is -0.265. The van der Waals surface area contributed by atoms with Gasteiger partial charge in [0.25, 0.3) is 5.91 Å². The smallest absolute Gasteiger partial charge is 0.382 e. The summed E-state index contributed by atoms with van der Waals surface area (Å²) in [6.07, 6.45) is -6.14. The van der Waals surface area contributed by atoms with Crippen molar-refractivity contribution >= 4 is 17.6 Å². The molecule has 0 spiro atoms. The molecule has 4 heterocycles. The topological polar surface area (TPSA) is 128 Å². The van der Waals surface area contributed by atoms with Crippen LogP contribution in [-0.4, -0.2) is 92.1 Å². The lowest BCUT2D eigenvalue weighted by Crippen LogP contribution is -2.44. The van der Waals surface area contributed by atoms with Crippen LogP contribution in [0.15, 0.2) is 30.7 Å². The standard InChI is InChI=1S/C25H30F6N8O4/c1-5-38-17(6-7-32-38)21(40)35-16(12-43-23(2,3)25(29,30)31)15-10-39-20(34-15)8-14(9-33-39)18(13-42-4)37-11-19(24(26,27)28)36-22(37)41/h6-10,16,18-19H,5,11-13H2,1-4H3,(H,35,40)(H,36,41)/i1D3,5D2. The Bertz CT molecular complexity index is 1640. The Labute approximate surface area is 248 Å². The highest BCUT2D eigenvalue weighted by atomic mass is 19.4. The van der Waals surface area contributed by atoms with Crippen LogP contribution in [0.25, 0.3) is 5.65 Å². The third-order valence-electron chi connectivity index (χ3n) is 6.72. The number of imidazole rings is 1. The summed E-state index contributed by atoms with van der Waals surface area (Å²) >= 11 is 0. The summed E-state index contributed by atoms with van der Waals surface area (Å²) in [5.41, 5.74) is -3.20. The molecular formula is C25H30F6N8O4. The number of alkyl halides is 6. The number of methoxy groups -OCH3 is 1. The largest absolute Gasteiger partial charge is 0.416 e. The molecule has 3 aromatic heterocycles. The van der Waals surface area contributed by atoms with Crippen molar-refractivity contribution in [3.05, 3.63) is 47.7 Å². The van der Waals surface area contributed by atoms with E-state index in [4.69, 9.17) is 16.3 Å². The molecule has 0 aliphatic carbocycles. The van der Waals surface area contributed by atoms with Gasteiger partial charge < -0.3 is 25.0 Å². The maximum Gasteiger partial charge on any atom is 0.416 e. The highest BCUT2D eigenvalue weighted by Crippen LogP contribution is 2.34. The van der Waals surface area contributed by atoms with Crippen LogP contribution < -0.4 is 10.6 Å². The second-order valence-electron chi connectivity index (χ2n) is 10.0. The van der Waals surface area contributed by atoms with E-state index in [1.807, 2.05) is 5.32 Å². The first kappa shape index (κ1) is 25.6. The molecule has 0 saturated carbocycles. The van der Waals surface area contributed by atoms with E-state index in [9.17, 15) is 35.9 Å². The molecule has 0 bridgehead atoms. The van der Waals surface area contributed by atoms with E-state index in [0.717, 1.165) is 35.5 Å². The monoisotopic (exact) mass is 625 g/mol. The van der Waals surface area contributed by atoms with Gasteiger partial charge in [0.15, 0.2) is 11.2 Å². The summed E-state index contributed by atoms with van der Waals surface area (Å²) in [5.74, 6) is -1.14. The maximum atomic E-state index is 13.6. The lowest BCUT2D eigenvalue weighted by Gasteiger charge is -2.30. The predicted octanol–water partition coefficient (Wildman–Crippen LogP) is 3.42. The lowest BCUT2D eigenvalue weighted by atomic mass is 10.1. The van der Waals surface area contributed by atoms with Gasteiger partial charge in [0.1, 0.15) is 11.7 Å². The number of nitrogens with zero attached hydrogens (tertiary/aromatic N) is 6. The minimum atomic E-state index is -4.84. The molecule has 1 saturated heterocycles. The summed E-state index contributed by atoms with van der Waals surface area (Å²) in [5, 5.41) is 12.0. The van der Waals surface area contributed by atoms with Gasteiger partial charge in [-0.25, -0.2) is 14.3 Å². The first-order valence-corrected chi connectivity index (χ1v) is 12.5. The minimum Gasteiger partial charge on any atom is -0.382 e. The zero-order valence-corrected chi connectivity index (χ0v) is 22.8. The Morgan fingerprint density at radius 2 is 2.00 bits per heavy atom. The molecule has 3 aromatic rings. The molecule has 0 radical (unpaired) electrons. The summed E-state index contributed by atoms with van der Waals surface area (Å²) in [7, 11) is 1.27.